The van der Waals surface area contributed by atoms with Crippen LogP contribution in [0.2, 0.25) is 0 Å². The fourth-order valence-corrected chi connectivity index (χ4v) is 7.46. The molecule has 49 heavy (non-hydrogen) atoms. The molecule has 1 heterocycles. The summed E-state index contributed by atoms with van der Waals surface area (Å²) in [5.41, 5.74) is 10.8. The van der Waals surface area contributed by atoms with Crippen LogP contribution in [-0.2, 0) is 6.42 Å². The van der Waals surface area contributed by atoms with Crippen molar-refractivity contribution in [2.75, 3.05) is 0 Å². The average Bonchev–Trinajstić information content (AvgIpc) is 3.55. The Bertz CT molecular complexity index is 2750. The normalized spacial score (nSPS) is 11.4. The van der Waals surface area contributed by atoms with Crippen molar-refractivity contribution in [2.24, 2.45) is 0 Å². The zero-order valence-corrected chi connectivity index (χ0v) is 27.1. The van der Waals surface area contributed by atoms with E-state index >= 15 is 0 Å². The average molecular weight is 626 g/mol. The number of fused-ring (bicyclic) bond motifs is 4. The van der Waals surface area contributed by atoms with Gasteiger partial charge < -0.3 is 0 Å². The highest BCUT2D eigenvalue weighted by Crippen LogP contribution is 2.45. The van der Waals surface area contributed by atoms with Gasteiger partial charge in [0.25, 0.3) is 0 Å². The van der Waals surface area contributed by atoms with E-state index in [2.05, 4.69) is 157 Å². The third-order valence-electron chi connectivity index (χ3n) is 9.75. The van der Waals surface area contributed by atoms with E-state index in [-0.39, 0.29) is 0 Å². The number of nitriles is 1. The van der Waals surface area contributed by atoms with E-state index in [0.717, 1.165) is 34.5 Å². The molecule has 0 aliphatic heterocycles. The lowest BCUT2D eigenvalue weighted by molar-refractivity contribution is 0.908. The van der Waals surface area contributed by atoms with Gasteiger partial charge in [0, 0.05) is 12.1 Å². The molecule has 8 aromatic carbocycles. The van der Waals surface area contributed by atoms with E-state index in [1.54, 1.807) is 0 Å². The van der Waals surface area contributed by atoms with Crippen LogP contribution in [0.1, 0.15) is 18.3 Å². The van der Waals surface area contributed by atoms with E-state index in [1.165, 1.54) is 60.1 Å². The van der Waals surface area contributed by atoms with Gasteiger partial charge in [0.2, 0.25) is 0 Å². The van der Waals surface area contributed by atoms with Crippen LogP contribution in [0.5, 0.6) is 0 Å². The van der Waals surface area contributed by atoms with Crippen molar-refractivity contribution >= 4 is 43.4 Å². The van der Waals surface area contributed by atoms with Crippen molar-refractivity contribution in [3.8, 4) is 45.1 Å². The van der Waals surface area contributed by atoms with Crippen molar-refractivity contribution in [1.82, 2.24) is 9.55 Å². The van der Waals surface area contributed by atoms with Crippen LogP contribution in [0.3, 0.4) is 0 Å². The molecule has 0 unspecified atom stereocenters. The highest BCUT2D eigenvalue weighted by molar-refractivity contribution is 6.22. The second kappa shape index (κ2) is 11.6. The van der Waals surface area contributed by atoms with Crippen LogP contribution in [0.4, 0.5) is 0 Å². The van der Waals surface area contributed by atoms with Gasteiger partial charge in [-0.1, -0.05) is 122 Å². The van der Waals surface area contributed by atoms with Crippen molar-refractivity contribution < 1.29 is 0 Å². The van der Waals surface area contributed by atoms with Gasteiger partial charge in [-0.3, -0.25) is 4.57 Å². The monoisotopic (exact) mass is 625 g/mol. The molecule has 9 aromatic rings. The van der Waals surface area contributed by atoms with Gasteiger partial charge in [-0.25, -0.2) is 4.98 Å². The summed E-state index contributed by atoms with van der Waals surface area (Å²) in [7, 11) is 0. The third kappa shape index (κ3) is 4.77. The summed E-state index contributed by atoms with van der Waals surface area (Å²) in [4.78, 5) is 4.88. The molecule has 0 radical (unpaired) electrons. The summed E-state index contributed by atoms with van der Waals surface area (Å²) in [6, 6.07) is 58.7. The van der Waals surface area contributed by atoms with E-state index < -0.39 is 0 Å². The zero-order valence-electron chi connectivity index (χ0n) is 27.1. The van der Waals surface area contributed by atoms with Crippen molar-refractivity contribution in [3.05, 3.63) is 169 Å². The predicted molar refractivity (Wildman–Crippen MR) is 204 cm³/mol. The highest BCUT2D eigenvalue weighted by Gasteiger charge is 2.19. The molecule has 0 amide bonds. The fraction of sp³-hybridized carbons (Fsp3) is 0.0435. The number of hydrogen-bond acceptors (Lipinski definition) is 2. The summed E-state index contributed by atoms with van der Waals surface area (Å²) in [5, 5.41) is 16.8. The quantitative estimate of drug-likeness (QED) is 0.179. The molecule has 0 fully saturated rings. The number of benzene rings is 8. The van der Waals surface area contributed by atoms with Gasteiger partial charge in [0.15, 0.2) is 0 Å². The van der Waals surface area contributed by atoms with Gasteiger partial charge in [0.1, 0.15) is 5.82 Å². The Morgan fingerprint density at radius 3 is 1.94 bits per heavy atom. The topological polar surface area (TPSA) is 41.6 Å². The summed E-state index contributed by atoms with van der Waals surface area (Å²) < 4.78 is 2.21. The molecule has 0 aliphatic carbocycles. The minimum Gasteiger partial charge on any atom is -0.296 e. The molecule has 0 bridgehead atoms. The molecule has 0 spiro atoms. The molecule has 0 saturated heterocycles. The first-order valence-corrected chi connectivity index (χ1v) is 16.8. The summed E-state index contributed by atoms with van der Waals surface area (Å²) in [6.07, 6.45) is 0.785. The number of aromatic nitrogens is 2. The Hall–Kier alpha value is -6.50. The van der Waals surface area contributed by atoms with Crippen LogP contribution < -0.4 is 0 Å². The van der Waals surface area contributed by atoms with Crippen LogP contribution in [-0.4, -0.2) is 9.55 Å². The SMILES string of the molecule is CCc1nc2cc(C#N)ccc2n1-c1ccc(-c2c3ccccc3c(-c3ccc4ccccc4c3)c3cc(-c4ccccc4)ccc23)cc1. The van der Waals surface area contributed by atoms with Gasteiger partial charge in [0.05, 0.1) is 22.7 Å². The number of aryl methyl sites for hydroxylation is 1. The zero-order chi connectivity index (χ0) is 32.9. The molecule has 0 aliphatic rings. The Morgan fingerprint density at radius 1 is 0.531 bits per heavy atom. The summed E-state index contributed by atoms with van der Waals surface area (Å²) in [6.45, 7) is 2.12. The molecule has 1 aromatic heterocycles. The smallest absolute Gasteiger partial charge is 0.114 e. The van der Waals surface area contributed by atoms with E-state index in [1.807, 2.05) is 18.2 Å². The van der Waals surface area contributed by atoms with E-state index in [9.17, 15) is 5.26 Å². The lowest BCUT2D eigenvalue weighted by Gasteiger charge is -2.19. The number of imidazole rings is 1. The first-order chi connectivity index (χ1) is 24.2. The maximum Gasteiger partial charge on any atom is 0.114 e. The highest BCUT2D eigenvalue weighted by atomic mass is 15.1. The third-order valence-corrected chi connectivity index (χ3v) is 9.75. The second-order valence-corrected chi connectivity index (χ2v) is 12.6. The molecule has 3 nitrogen and oxygen atoms in total. The standard InChI is InChI=1S/C46H31N3/c1-2-44-48-42-26-30(29-47)16-25-43(42)49(44)37-22-19-33(20-23-37)45-38-14-8-9-15-39(38)46(36-18-17-32-12-6-7-13-34(32)27-36)41-28-35(21-24-40(41)45)31-10-4-3-5-11-31/h3-28H,2H2,1H3. The van der Waals surface area contributed by atoms with Crippen LogP contribution in [0.15, 0.2) is 158 Å². The Labute approximate surface area is 285 Å². The molecule has 3 heteroatoms. The van der Waals surface area contributed by atoms with Crippen LogP contribution >= 0.6 is 0 Å². The van der Waals surface area contributed by atoms with E-state index in [0.29, 0.717) is 5.56 Å². The number of rotatable bonds is 5. The van der Waals surface area contributed by atoms with Crippen LogP contribution in [0.25, 0.3) is 82.4 Å². The van der Waals surface area contributed by atoms with Crippen molar-refractivity contribution in [2.45, 2.75) is 13.3 Å². The largest absolute Gasteiger partial charge is 0.296 e. The van der Waals surface area contributed by atoms with Gasteiger partial charge in [-0.15, -0.1) is 0 Å². The first kappa shape index (κ1) is 28.7. The Balaban J connectivity index is 1.29. The molecule has 9 rings (SSSR count). The van der Waals surface area contributed by atoms with E-state index in [4.69, 9.17) is 4.98 Å². The number of hydrogen-bond donors (Lipinski definition) is 0. The molecular weight excluding hydrogens is 595 g/mol. The van der Waals surface area contributed by atoms with Gasteiger partial charge >= 0.3 is 0 Å². The molecule has 230 valence electrons. The Kier molecular flexibility index (Phi) is 6.81. The van der Waals surface area contributed by atoms with Crippen LogP contribution in [0, 0.1) is 11.3 Å². The fourth-order valence-electron chi connectivity index (χ4n) is 7.46. The minimum atomic E-state index is 0.622. The minimum absolute atomic E-state index is 0.622. The maximum absolute atomic E-state index is 9.45. The second-order valence-electron chi connectivity index (χ2n) is 12.6. The maximum atomic E-state index is 9.45. The lowest BCUT2D eigenvalue weighted by atomic mass is 9.84. The summed E-state index contributed by atoms with van der Waals surface area (Å²) in [5.74, 6) is 0.974. The molecule has 0 saturated carbocycles. The van der Waals surface area contributed by atoms with Crippen molar-refractivity contribution in [1.29, 1.82) is 5.26 Å². The lowest BCUT2D eigenvalue weighted by Crippen LogP contribution is -2.00. The molecular formula is C46H31N3. The molecule has 0 atom stereocenters. The Morgan fingerprint density at radius 2 is 1.18 bits per heavy atom. The first-order valence-electron chi connectivity index (χ1n) is 16.8. The molecule has 0 N–H and O–H groups in total. The van der Waals surface area contributed by atoms with Crippen molar-refractivity contribution in [3.63, 3.8) is 0 Å². The predicted octanol–water partition coefficient (Wildman–Crippen LogP) is 11.9. The number of nitrogens with zero attached hydrogens (tertiary/aromatic N) is 3. The van der Waals surface area contributed by atoms with Gasteiger partial charge in [-0.2, -0.15) is 5.26 Å². The summed E-state index contributed by atoms with van der Waals surface area (Å²) >= 11 is 0. The van der Waals surface area contributed by atoms with Gasteiger partial charge in [-0.05, 0) is 108 Å².